The van der Waals surface area contributed by atoms with E-state index in [1.165, 1.54) is 11.1 Å². The van der Waals surface area contributed by atoms with Crippen LogP contribution < -0.4 is 4.90 Å². The summed E-state index contributed by atoms with van der Waals surface area (Å²) in [5.74, 6) is 0.825. The van der Waals surface area contributed by atoms with E-state index in [0.29, 0.717) is 37.6 Å². The van der Waals surface area contributed by atoms with E-state index in [0.717, 1.165) is 69.5 Å². The molecule has 3 heterocycles. The third kappa shape index (κ3) is 6.61. The summed E-state index contributed by atoms with van der Waals surface area (Å²) in [5, 5.41) is 0. The molecule has 2 saturated heterocycles. The van der Waals surface area contributed by atoms with E-state index in [4.69, 9.17) is 0 Å². The quantitative estimate of drug-likeness (QED) is 0.400. The van der Waals surface area contributed by atoms with Crippen LogP contribution in [0.3, 0.4) is 0 Å². The Bertz CT molecular complexity index is 1340. The molecule has 42 heavy (non-hydrogen) atoms. The molecule has 2 atom stereocenters. The van der Waals surface area contributed by atoms with Crippen molar-refractivity contribution in [1.29, 1.82) is 0 Å². The molecule has 2 amide bonds. The average Bonchev–Trinajstić information content (AvgIpc) is 3.37. The fraction of sp³-hybridized carbons (Fsp3) is 0.444. The zero-order valence-electron chi connectivity index (χ0n) is 24.9. The molecule has 2 fully saturated rings. The summed E-state index contributed by atoms with van der Waals surface area (Å²) in [7, 11) is 0. The minimum atomic E-state index is 0.0602. The molecule has 220 valence electrons. The fourth-order valence-electron chi connectivity index (χ4n) is 7.36. The van der Waals surface area contributed by atoms with Crippen molar-refractivity contribution in [3.05, 3.63) is 102 Å². The minimum Gasteiger partial charge on any atom is -0.336 e. The maximum Gasteiger partial charge on any atom is 0.237 e. The molecular weight excluding hydrogens is 520 g/mol. The number of carbonyl (C=O) groups excluding carboxylic acids is 2. The zero-order valence-corrected chi connectivity index (χ0v) is 24.9. The number of likely N-dealkylation sites (tertiary alicyclic amines) is 1. The number of piperidine rings is 1. The molecule has 6 rings (SSSR count). The van der Waals surface area contributed by atoms with Crippen molar-refractivity contribution < 1.29 is 9.59 Å². The Kier molecular flexibility index (Phi) is 9.01. The second-order valence-electron chi connectivity index (χ2n) is 12.4. The van der Waals surface area contributed by atoms with Crippen molar-refractivity contribution in [2.45, 2.75) is 70.1 Å². The molecule has 3 aromatic rings. The molecule has 6 nitrogen and oxygen atoms in total. The molecular formula is C36H44N4O2. The highest BCUT2D eigenvalue weighted by molar-refractivity contribution is 5.92. The molecule has 3 aromatic carbocycles. The molecule has 3 aliphatic heterocycles. The van der Waals surface area contributed by atoms with Crippen LogP contribution >= 0.6 is 0 Å². The van der Waals surface area contributed by atoms with Gasteiger partial charge in [0.2, 0.25) is 11.8 Å². The van der Waals surface area contributed by atoms with Crippen LogP contribution in [0, 0.1) is 0 Å². The van der Waals surface area contributed by atoms with E-state index in [-0.39, 0.29) is 11.8 Å². The van der Waals surface area contributed by atoms with Crippen LogP contribution in [-0.2, 0) is 22.7 Å². The number of anilines is 1. The summed E-state index contributed by atoms with van der Waals surface area (Å²) in [6.07, 6.45) is 5.28. The van der Waals surface area contributed by atoms with Gasteiger partial charge in [-0.25, -0.2) is 0 Å². The van der Waals surface area contributed by atoms with E-state index in [9.17, 15) is 9.59 Å². The van der Waals surface area contributed by atoms with Crippen LogP contribution in [-0.4, -0.2) is 71.3 Å². The number of benzene rings is 3. The lowest BCUT2D eigenvalue weighted by Crippen LogP contribution is -2.48. The highest BCUT2D eigenvalue weighted by Gasteiger charge is 2.37. The van der Waals surface area contributed by atoms with Gasteiger partial charge in [0.1, 0.15) is 0 Å². The highest BCUT2D eigenvalue weighted by atomic mass is 16.2. The maximum absolute atomic E-state index is 14.1. The normalized spacial score (nSPS) is 22.4. The number of fused-ring (bicyclic) bond motifs is 3. The van der Waals surface area contributed by atoms with Gasteiger partial charge in [0.25, 0.3) is 0 Å². The van der Waals surface area contributed by atoms with E-state index >= 15 is 0 Å². The van der Waals surface area contributed by atoms with Crippen molar-refractivity contribution in [2.75, 3.05) is 37.6 Å². The van der Waals surface area contributed by atoms with Gasteiger partial charge in [-0.2, -0.15) is 0 Å². The molecule has 0 unspecified atom stereocenters. The van der Waals surface area contributed by atoms with Crippen LogP contribution in [0.5, 0.6) is 0 Å². The van der Waals surface area contributed by atoms with E-state index < -0.39 is 0 Å². The van der Waals surface area contributed by atoms with Crippen LogP contribution in [0.2, 0.25) is 0 Å². The molecule has 0 N–H and O–H groups in total. The van der Waals surface area contributed by atoms with Crippen LogP contribution in [0.15, 0.2) is 84.9 Å². The maximum atomic E-state index is 14.1. The topological polar surface area (TPSA) is 47.1 Å². The lowest BCUT2D eigenvalue weighted by Gasteiger charge is -2.36. The Hall–Kier alpha value is -3.48. The second kappa shape index (κ2) is 13.2. The SMILES string of the molecule is CC(=O)N1CC[C@@H]2CC[C@H](CN(C(=O)CN3CCC(c4ccccc4)CC3)Cc3ccccc31)N2Cc1ccccc1. The smallest absolute Gasteiger partial charge is 0.237 e. The van der Waals surface area contributed by atoms with Gasteiger partial charge in [-0.3, -0.25) is 19.4 Å². The summed E-state index contributed by atoms with van der Waals surface area (Å²) >= 11 is 0. The molecule has 6 heteroatoms. The first-order chi connectivity index (χ1) is 20.5. The Balaban J connectivity index is 1.23. The number of hydrogen-bond donors (Lipinski definition) is 0. The zero-order chi connectivity index (χ0) is 28.9. The van der Waals surface area contributed by atoms with Gasteiger partial charge in [0, 0.05) is 50.9 Å². The Morgan fingerprint density at radius 1 is 0.738 bits per heavy atom. The van der Waals surface area contributed by atoms with Crippen LogP contribution in [0.1, 0.15) is 61.6 Å². The Morgan fingerprint density at radius 2 is 1.40 bits per heavy atom. The van der Waals surface area contributed by atoms with Gasteiger partial charge in [0.15, 0.2) is 0 Å². The first kappa shape index (κ1) is 28.6. The lowest BCUT2D eigenvalue weighted by atomic mass is 9.89. The molecule has 2 bridgehead atoms. The van der Waals surface area contributed by atoms with Crippen molar-refractivity contribution in [3.8, 4) is 0 Å². The monoisotopic (exact) mass is 564 g/mol. The van der Waals surface area contributed by atoms with Crippen molar-refractivity contribution in [1.82, 2.24) is 14.7 Å². The molecule has 0 aliphatic carbocycles. The van der Waals surface area contributed by atoms with Gasteiger partial charge < -0.3 is 9.80 Å². The average molecular weight is 565 g/mol. The first-order valence-corrected chi connectivity index (χ1v) is 15.8. The predicted molar refractivity (Wildman–Crippen MR) is 168 cm³/mol. The first-order valence-electron chi connectivity index (χ1n) is 15.8. The number of rotatable bonds is 5. The van der Waals surface area contributed by atoms with Gasteiger partial charge in [0.05, 0.1) is 6.54 Å². The molecule has 0 aromatic heterocycles. The van der Waals surface area contributed by atoms with Gasteiger partial charge in [-0.15, -0.1) is 0 Å². The third-order valence-electron chi connectivity index (χ3n) is 9.69. The number of amides is 2. The minimum absolute atomic E-state index is 0.0602. The Morgan fingerprint density at radius 3 is 2.14 bits per heavy atom. The van der Waals surface area contributed by atoms with Crippen molar-refractivity contribution in [2.24, 2.45) is 0 Å². The summed E-state index contributed by atoms with van der Waals surface area (Å²) in [6.45, 7) is 6.82. The summed E-state index contributed by atoms with van der Waals surface area (Å²) in [6, 6.07) is 30.3. The summed E-state index contributed by atoms with van der Waals surface area (Å²) < 4.78 is 0. The number of hydrogen-bond acceptors (Lipinski definition) is 4. The standard InChI is InChI=1S/C36H44N4O2/c1-28(41)39-23-20-33-16-17-34(40(33)24-29-10-4-2-5-11-29)26-38(25-32-14-8-9-15-35(32)39)36(42)27-37-21-18-31(19-22-37)30-12-6-3-7-13-30/h2-15,31,33-34H,16-27H2,1H3/t33-,34+/m0/s1. The summed E-state index contributed by atoms with van der Waals surface area (Å²) in [5.41, 5.74) is 4.71. The molecule has 0 saturated carbocycles. The van der Waals surface area contributed by atoms with Crippen molar-refractivity contribution in [3.63, 3.8) is 0 Å². The molecule has 0 spiro atoms. The number of nitrogens with zero attached hydrogens (tertiary/aromatic N) is 4. The largest absolute Gasteiger partial charge is 0.336 e. The Labute approximate surface area is 250 Å². The highest BCUT2D eigenvalue weighted by Crippen LogP contribution is 2.33. The van der Waals surface area contributed by atoms with Crippen LogP contribution in [0.4, 0.5) is 5.69 Å². The second-order valence-corrected chi connectivity index (χ2v) is 12.4. The lowest BCUT2D eigenvalue weighted by molar-refractivity contribution is -0.134. The van der Waals surface area contributed by atoms with Gasteiger partial charge >= 0.3 is 0 Å². The molecule has 3 aliphatic rings. The number of para-hydroxylation sites is 1. The van der Waals surface area contributed by atoms with E-state index in [1.54, 1.807) is 6.92 Å². The number of carbonyl (C=O) groups is 2. The van der Waals surface area contributed by atoms with Crippen LogP contribution in [0.25, 0.3) is 0 Å². The fourth-order valence-corrected chi connectivity index (χ4v) is 7.36. The third-order valence-corrected chi connectivity index (χ3v) is 9.69. The van der Waals surface area contributed by atoms with E-state index in [1.807, 2.05) is 23.1 Å². The van der Waals surface area contributed by atoms with Gasteiger partial charge in [-0.1, -0.05) is 78.9 Å². The van der Waals surface area contributed by atoms with Crippen molar-refractivity contribution >= 4 is 17.5 Å². The summed E-state index contributed by atoms with van der Waals surface area (Å²) in [4.78, 5) is 36.0. The van der Waals surface area contributed by atoms with Gasteiger partial charge in [-0.05, 0) is 73.9 Å². The van der Waals surface area contributed by atoms with E-state index in [2.05, 4.69) is 81.4 Å². The molecule has 0 radical (unpaired) electrons. The predicted octanol–water partition coefficient (Wildman–Crippen LogP) is 5.68.